The Labute approximate surface area is 124 Å². The van der Waals surface area contributed by atoms with E-state index >= 15 is 0 Å². The van der Waals surface area contributed by atoms with E-state index in [9.17, 15) is 0 Å². The first-order valence-electron chi connectivity index (χ1n) is 6.62. The zero-order valence-electron chi connectivity index (χ0n) is 12.1. The number of nitrogens with one attached hydrogen (secondary N) is 1. The van der Waals surface area contributed by atoms with Crippen LogP contribution in [0.5, 0.6) is 5.75 Å². The molecule has 0 bridgehead atoms. The van der Waals surface area contributed by atoms with Crippen LogP contribution in [-0.4, -0.2) is 19.1 Å². The fourth-order valence-electron chi connectivity index (χ4n) is 1.93. The van der Waals surface area contributed by atoms with E-state index in [0.29, 0.717) is 6.04 Å². The van der Waals surface area contributed by atoms with Gasteiger partial charge in [-0.3, -0.25) is 0 Å². The minimum atomic E-state index is 0.333. The molecule has 0 aliphatic rings. The van der Waals surface area contributed by atoms with Gasteiger partial charge in [-0.2, -0.15) is 0 Å². The summed E-state index contributed by atoms with van der Waals surface area (Å²) in [6, 6.07) is 12.6. The standard InChI is InChI=1S/C16H20N2OS/c1-12(17-2)13-7-8-15(19-3)14(10-13)11-20-16-6-4-5-9-18-16/h4-10,12,17H,11H2,1-3H3. The topological polar surface area (TPSA) is 34.1 Å². The molecule has 2 aromatic rings. The van der Waals surface area contributed by atoms with Crippen molar-refractivity contribution in [3.8, 4) is 5.75 Å². The summed E-state index contributed by atoms with van der Waals surface area (Å²) in [5.74, 6) is 1.78. The zero-order valence-corrected chi connectivity index (χ0v) is 12.9. The van der Waals surface area contributed by atoms with Gasteiger partial charge in [0.15, 0.2) is 0 Å². The predicted octanol–water partition coefficient (Wildman–Crippen LogP) is 3.66. The maximum Gasteiger partial charge on any atom is 0.122 e. The highest BCUT2D eigenvalue weighted by Gasteiger charge is 2.09. The second-order valence-corrected chi connectivity index (χ2v) is 5.53. The fraction of sp³-hybridized carbons (Fsp3) is 0.312. The molecule has 1 N–H and O–H groups in total. The van der Waals surface area contributed by atoms with Gasteiger partial charge in [0.25, 0.3) is 0 Å². The first-order valence-corrected chi connectivity index (χ1v) is 7.61. The number of rotatable bonds is 6. The van der Waals surface area contributed by atoms with Gasteiger partial charge in [0, 0.05) is 23.6 Å². The molecule has 106 valence electrons. The molecule has 4 heteroatoms. The number of aromatic nitrogens is 1. The van der Waals surface area contributed by atoms with Crippen molar-refractivity contribution in [1.82, 2.24) is 10.3 Å². The third-order valence-electron chi connectivity index (χ3n) is 3.25. The summed E-state index contributed by atoms with van der Waals surface area (Å²) < 4.78 is 5.45. The second kappa shape index (κ2) is 7.31. The van der Waals surface area contributed by atoms with Gasteiger partial charge in [-0.05, 0) is 43.8 Å². The van der Waals surface area contributed by atoms with Gasteiger partial charge in [0.1, 0.15) is 5.75 Å². The number of pyridine rings is 1. The van der Waals surface area contributed by atoms with Crippen LogP contribution in [0, 0.1) is 0 Å². The number of benzene rings is 1. The molecule has 0 aliphatic carbocycles. The second-order valence-electron chi connectivity index (χ2n) is 4.54. The van der Waals surface area contributed by atoms with Gasteiger partial charge in [0.2, 0.25) is 0 Å². The third kappa shape index (κ3) is 3.74. The number of hydrogen-bond donors (Lipinski definition) is 1. The van der Waals surface area contributed by atoms with E-state index in [4.69, 9.17) is 4.74 Å². The van der Waals surface area contributed by atoms with E-state index in [0.717, 1.165) is 16.5 Å². The maximum absolute atomic E-state index is 5.45. The minimum absolute atomic E-state index is 0.333. The lowest BCUT2D eigenvalue weighted by molar-refractivity contribution is 0.411. The van der Waals surface area contributed by atoms with Crippen LogP contribution < -0.4 is 10.1 Å². The van der Waals surface area contributed by atoms with Gasteiger partial charge in [-0.1, -0.05) is 12.1 Å². The number of nitrogens with zero attached hydrogens (tertiary/aromatic N) is 1. The highest BCUT2D eigenvalue weighted by molar-refractivity contribution is 7.98. The Morgan fingerprint density at radius 2 is 2.15 bits per heavy atom. The van der Waals surface area contributed by atoms with E-state index < -0.39 is 0 Å². The van der Waals surface area contributed by atoms with Crippen LogP contribution >= 0.6 is 11.8 Å². The van der Waals surface area contributed by atoms with E-state index in [2.05, 4.69) is 29.4 Å². The Kier molecular flexibility index (Phi) is 5.44. The van der Waals surface area contributed by atoms with Crippen molar-refractivity contribution in [2.75, 3.05) is 14.2 Å². The minimum Gasteiger partial charge on any atom is -0.496 e. The molecule has 1 unspecified atom stereocenters. The van der Waals surface area contributed by atoms with Crippen molar-refractivity contribution in [2.45, 2.75) is 23.7 Å². The average Bonchev–Trinajstić information content (AvgIpc) is 2.52. The predicted molar refractivity (Wildman–Crippen MR) is 84.3 cm³/mol. The zero-order chi connectivity index (χ0) is 14.4. The molecule has 0 radical (unpaired) electrons. The molecule has 1 atom stereocenters. The van der Waals surface area contributed by atoms with Gasteiger partial charge in [-0.15, -0.1) is 11.8 Å². The lowest BCUT2D eigenvalue weighted by Crippen LogP contribution is -2.12. The number of ether oxygens (including phenoxy) is 1. The van der Waals surface area contributed by atoms with Crippen LogP contribution in [0.3, 0.4) is 0 Å². The van der Waals surface area contributed by atoms with E-state index in [1.165, 1.54) is 11.1 Å². The van der Waals surface area contributed by atoms with E-state index in [1.807, 2.05) is 37.5 Å². The summed E-state index contributed by atoms with van der Waals surface area (Å²) in [6.07, 6.45) is 1.82. The van der Waals surface area contributed by atoms with Gasteiger partial charge in [0.05, 0.1) is 12.1 Å². The largest absolute Gasteiger partial charge is 0.496 e. The monoisotopic (exact) mass is 288 g/mol. The molecule has 1 aromatic heterocycles. The summed E-state index contributed by atoms with van der Waals surface area (Å²) >= 11 is 1.72. The van der Waals surface area contributed by atoms with Crippen LogP contribution in [-0.2, 0) is 5.75 Å². The quantitative estimate of drug-likeness (QED) is 0.823. The Hall–Kier alpha value is -1.52. The molecule has 0 saturated heterocycles. The van der Waals surface area contributed by atoms with Crippen LogP contribution in [0.2, 0.25) is 0 Å². The lowest BCUT2D eigenvalue weighted by atomic mass is 10.1. The number of methoxy groups -OCH3 is 1. The van der Waals surface area contributed by atoms with Crippen molar-refractivity contribution < 1.29 is 4.74 Å². The smallest absolute Gasteiger partial charge is 0.122 e. The fourth-order valence-corrected chi connectivity index (χ4v) is 2.77. The van der Waals surface area contributed by atoms with Crippen LogP contribution in [0.4, 0.5) is 0 Å². The summed E-state index contributed by atoms with van der Waals surface area (Å²) in [5.41, 5.74) is 2.47. The van der Waals surface area contributed by atoms with Crippen LogP contribution in [0.1, 0.15) is 24.1 Å². The van der Waals surface area contributed by atoms with E-state index in [1.54, 1.807) is 18.9 Å². The Bertz CT molecular complexity index is 545. The molecule has 0 aliphatic heterocycles. The molecule has 0 spiro atoms. The van der Waals surface area contributed by atoms with Crippen LogP contribution in [0.15, 0.2) is 47.6 Å². The first kappa shape index (κ1) is 14.9. The average molecular weight is 288 g/mol. The van der Waals surface area contributed by atoms with Crippen molar-refractivity contribution in [3.63, 3.8) is 0 Å². The highest BCUT2D eigenvalue weighted by atomic mass is 32.2. The van der Waals surface area contributed by atoms with Gasteiger partial charge in [-0.25, -0.2) is 4.98 Å². The number of hydrogen-bond acceptors (Lipinski definition) is 4. The SMILES string of the molecule is CNC(C)c1ccc(OC)c(CSc2ccccn2)c1. The molecule has 1 aromatic carbocycles. The van der Waals surface area contributed by atoms with Crippen molar-refractivity contribution in [1.29, 1.82) is 0 Å². The lowest BCUT2D eigenvalue weighted by Gasteiger charge is -2.14. The molecule has 3 nitrogen and oxygen atoms in total. The molecule has 2 rings (SSSR count). The molecule has 20 heavy (non-hydrogen) atoms. The molecular weight excluding hydrogens is 268 g/mol. The molecule has 0 fully saturated rings. The summed E-state index contributed by atoms with van der Waals surface area (Å²) in [4.78, 5) is 4.33. The van der Waals surface area contributed by atoms with Crippen molar-refractivity contribution >= 4 is 11.8 Å². The van der Waals surface area contributed by atoms with Crippen molar-refractivity contribution in [3.05, 3.63) is 53.7 Å². The Morgan fingerprint density at radius 3 is 2.80 bits per heavy atom. The molecule has 0 amide bonds. The van der Waals surface area contributed by atoms with E-state index in [-0.39, 0.29) is 0 Å². The van der Waals surface area contributed by atoms with Gasteiger partial charge < -0.3 is 10.1 Å². The third-order valence-corrected chi connectivity index (χ3v) is 4.24. The maximum atomic E-state index is 5.45. The van der Waals surface area contributed by atoms with Crippen LogP contribution in [0.25, 0.3) is 0 Å². The van der Waals surface area contributed by atoms with Gasteiger partial charge >= 0.3 is 0 Å². The molecule has 0 saturated carbocycles. The summed E-state index contributed by atoms with van der Waals surface area (Å²) in [6.45, 7) is 2.15. The summed E-state index contributed by atoms with van der Waals surface area (Å²) in [7, 11) is 3.68. The Morgan fingerprint density at radius 1 is 1.30 bits per heavy atom. The summed E-state index contributed by atoms with van der Waals surface area (Å²) in [5, 5.41) is 4.29. The molecular formula is C16H20N2OS. The molecule has 1 heterocycles. The highest BCUT2D eigenvalue weighted by Crippen LogP contribution is 2.29. The normalized spacial score (nSPS) is 12.2. The van der Waals surface area contributed by atoms with Crippen molar-refractivity contribution in [2.24, 2.45) is 0 Å². The number of thioether (sulfide) groups is 1. The first-order chi connectivity index (χ1) is 9.74. The Balaban J connectivity index is 2.16.